The van der Waals surface area contributed by atoms with Crippen molar-refractivity contribution in [2.75, 3.05) is 25.8 Å². The zero-order valence-electron chi connectivity index (χ0n) is 15.3. The van der Waals surface area contributed by atoms with Crippen LogP contribution in [0, 0.1) is 0 Å². The number of benzene rings is 1. The zero-order chi connectivity index (χ0) is 19.1. The Kier molecular flexibility index (Phi) is 6.73. The van der Waals surface area contributed by atoms with E-state index in [0.717, 1.165) is 15.4 Å². The molecule has 5 nitrogen and oxygen atoms in total. The Labute approximate surface area is 167 Å². The normalized spacial score (nSPS) is 10.4. The number of hydrogen-bond donors (Lipinski definition) is 0. The Morgan fingerprint density at radius 2 is 1.63 bits per heavy atom. The lowest BCUT2D eigenvalue weighted by atomic mass is 10.3. The fourth-order valence-corrected chi connectivity index (χ4v) is 3.90. The van der Waals surface area contributed by atoms with Gasteiger partial charge >= 0.3 is 6.09 Å². The van der Waals surface area contributed by atoms with Crippen LogP contribution in [0.3, 0.4) is 0 Å². The molecule has 27 heavy (non-hydrogen) atoms. The van der Waals surface area contributed by atoms with E-state index in [1.807, 2.05) is 78.3 Å². The largest absolute Gasteiger partial charge is 0.457 e. The first-order valence-electron chi connectivity index (χ1n) is 8.48. The third-order valence-corrected chi connectivity index (χ3v) is 5.58. The number of carbonyl (C=O) groups excluding carboxylic acids is 1. The minimum Gasteiger partial charge on any atom is -0.457 e. The second kappa shape index (κ2) is 9.43. The Bertz CT molecular complexity index is 797. The van der Waals surface area contributed by atoms with Crippen molar-refractivity contribution >= 4 is 34.5 Å². The second-order valence-corrected chi connectivity index (χ2v) is 8.14. The number of thiophene rings is 2. The van der Waals surface area contributed by atoms with Crippen LogP contribution in [-0.4, -0.2) is 31.9 Å². The lowest BCUT2D eigenvalue weighted by Gasteiger charge is -2.21. The van der Waals surface area contributed by atoms with Gasteiger partial charge < -0.3 is 14.4 Å². The average Bonchev–Trinajstić information content (AvgIpc) is 3.35. The molecule has 0 saturated carbocycles. The van der Waals surface area contributed by atoms with Gasteiger partial charge in [0.1, 0.15) is 5.75 Å². The molecule has 0 aliphatic carbocycles. The summed E-state index contributed by atoms with van der Waals surface area (Å²) in [4.78, 5) is 18.5. The predicted molar refractivity (Wildman–Crippen MR) is 111 cm³/mol. The van der Waals surface area contributed by atoms with Gasteiger partial charge in [0.15, 0.2) is 0 Å². The van der Waals surface area contributed by atoms with Crippen molar-refractivity contribution in [3.8, 4) is 5.75 Å². The first kappa shape index (κ1) is 19.3. The van der Waals surface area contributed by atoms with E-state index in [2.05, 4.69) is 0 Å². The first-order valence-corrected chi connectivity index (χ1v) is 10.2. The minimum absolute atomic E-state index is 0.124. The zero-order valence-corrected chi connectivity index (χ0v) is 17.0. The van der Waals surface area contributed by atoms with E-state index in [4.69, 9.17) is 9.47 Å². The smallest absolute Gasteiger partial charge is 0.413 e. The fraction of sp³-hybridized carbons (Fsp3) is 0.250. The number of hydrogen-bond acceptors (Lipinski definition) is 6. The molecule has 0 unspecified atom stereocenters. The van der Waals surface area contributed by atoms with Gasteiger partial charge in [-0.1, -0.05) is 18.2 Å². The summed E-state index contributed by atoms with van der Waals surface area (Å²) in [5, 5.41) is 4.01. The van der Waals surface area contributed by atoms with Crippen molar-refractivity contribution < 1.29 is 14.3 Å². The van der Waals surface area contributed by atoms with E-state index in [-0.39, 0.29) is 12.9 Å². The number of anilines is 1. The van der Waals surface area contributed by atoms with Crippen LogP contribution in [0.2, 0.25) is 0 Å². The third-order valence-electron chi connectivity index (χ3n) is 3.85. The number of ether oxygens (including phenoxy) is 2. The molecule has 0 spiro atoms. The maximum atomic E-state index is 12.6. The molecule has 3 aromatic rings. The molecule has 0 saturated heterocycles. The molecule has 1 aromatic carbocycles. The molecule has 7 heteroatoms. The van der Waals surface area contributed by atoms with Crippen molar-refractivity contribution in [3.05, 3.63) is 69.0 Å². The molecule has 2 heterocycles. The van der Waals surface area contributed by atoms with E-state index in [9.17, 15) is 4.79 Å². The highest BCUT2D eigenvalue weighted by atomic mass is 32.1. The van der Waals surface area contributed by atoms with Gasteiger partial charge in [-0.3, -0.25) is 4.90 Å². The van der Waals surface area contributed by atoms with E-state index < -0.39 is 0 Å². The van der Waals surface area contributed by atoms with Crippen LogP contribution >= 0.6 is 22.7 Å². The van der Waals surface area contributed by atoms with Crippen molar-refractivity contribution in [2.45, 2.75) is 13.1 Å². The minimum atomic E-state index is -0.388. The second-order valence-electron chi connectivity index (χ2n) is 6.08. The predicted octanol–water partition coefficient (Wildman–Crippen LogP) is 5.05. The lowest BCUT2D eigenvalue weighted by molar-refractivity contribution is 0.0322. The molecule has 0 aliphatic rings. The Balaban J connectivity index is 1.57. The molecule has 0 radical (unpaired) electrons. The molecule has 0 N–H and O–H groups in total. The summed E-state index contributed by atoms with van der Waals surface area (Å²) in [7, 11) is 3.93. The number of nitrogens with zero attached hydrogens (tertiary/aromatic N) is 2. The van der Waals surface area contributed by atoms with Crippen LogP contribution in [0.5, 0.6) is 5.75 Å². The summed E-state index contributed by atoms with van der Waals surface area (Å²) in [6.45, 7) is 0.913. The van der Waals surface area contributed by atoms with E-state index in [1.54, 1.807) is 27.6 Å². The van der Waals surface area contributed by atoms with Gasteiger partial charge in [-0.2, -0.15) is 0 Å². The molecule has 0 aliphatic heterocycles. The summed E-state index contributed by atoms with van der Waals surface area (Å²) >= 11 is 3.25. The third kappa shape index (κ3) is 5.74. The lowest BCUT2D eigenvalue weighted by Crippen LogP contribution is -2.31. The van der Waals surface area contributed by atoms with Crippen molar-refractivity contribution in [1.29, 1.82) is 0 Å². The summed E-state index contributed by atoms with van der Waals surface area (Å²) in [6, 6.07) is 15.6. The summed E-state index contributed by atoms with van der Waals surface area (Å²) in [6.07, 6.45) is -0.388. The first-order chi connectivity index (χ1) is 13.1. The van der Waals surface area contributed by atoms with Gasteiger partial charge in [-0.15, -0.1) is 22.7 Å². The molecular weight excluding hydrogens is 380 g/mol. The van der Waals surface area contributed by atoms with Gasteiger partial charge in [0.05, 0.1) is 13.1 Å². The highest BCUT2D eigenvalue weighted by molar-refractivity contribution is 7.10. The molecule has 1 amide bonds. The highest BCUT2D eigenvalue weighted by Gasteiger charge is 2.17. The topological polar surface area (TPSA) is 42.0 Å². The van der Waals surface area contributed by atoms with Gasteiger partial charge in [-0.05, 0) is 35.0 Å². The van der Waals surface area contributed by atoms with E-state index in [1.165, 1.54) is 0 Å². The fourth-order valence-electron chi connectivity index (χ4n) is 2.46. The van der Waals surface area contributed by atoms with Crippen LogP contribution in [0.4, 0.5) is 10.5 Å². The average molecular weight is 403 g/mol. The van der Waals surface area contributed by atoms with E-state index in [0.29, 0.717) is 18.8 Å². The maximum absolute atomic E-state index is 12.6. The van der Waals surface area contributed by atoms with Crippen LogP contribution in [-0.2, 0) is 17.8 Å². The quantitative estimate of drug-likeness (QED) is 0.495. The molecule has 0 bridgehead atoms. The van der Waals surface area contributed by atoms with Crippen LogP contribution < -0.4 is 9.64 Å². The number of rotatable bonds is 8. The summed E-state index contributed by atoms with van der Waals surface area (Å²) in [5.41, 5.74) is 1.02. The van der Waals surface area contributed by atoms with Gasteiger partial charge in [0.2, 0.25) is 6.79 Å². The molecule has 0 atom stereocenters. The highest BCUT2D eigenvalue weighted by Crippen LogP contribution is 2.20. The summed E-state index contributed by atoms with van der Waals surface area (Å²) < 4.78 is 11.0. The molecule has 3 rings (SSSR count). The Hall–Kier alpha value is -2.51. The molecular formula is C20H22N2O3S2. The van der Waals surface area contributed by atoms with E-state index >= 15 is 0 Å². The monoisotopic (exact) mass is 402 g/mol. The van der Waals surface area contributed by atoms with Crippen molar-refractivity contribution in [1.82, 2.24) is 4.90 Å². The van der Waals surface area contributed by atoms with Gasteiger partial charge in [0.25, 0.3) is 0 Å². The number of carbonyl (C=O) groups is 1. The van der Waals surface area contributed by atoms with Gasteiger partial charge in [-0.25, -0.2) is 4.79 Å². The summed E-state index contributed by atoms with van der Waals surface area (Å²) in [5.74, 6) is 0.664. The molecule has 0 fully saturated rings. The SMILES string of the molecule is CN(C)c1cccc(OCOC(=O)N(Cc2cccs2)Cc2cccs2)c1. The van der Waals surface area contributed by atoms with Crippen LogP contribution in [0.1, 0.15) is 9.75 Å². The van der Waals surface area contributed by atoms with Crippen molar-refractivity contribution in [2.24, 2.45) is 0 Å². The van der Waals surface area contributed by atoms with Crippen LogP contribution in [0.15, 0.2) is 59.3 Å². The molecule has 2 aromatic heterocycles. The van der Waals surface area contributed by atoms with Gasteiger partial charge in [0, 0.05) is 35.6 Å². The Morgan fingerprint density at radius 1 is 0.963 bits per heavy atom. The van der Waals surface area contributed by atoms with Crippen molar-refractivity contribution in [3.63, 3.8) is 0 Å². The standard InChI is InChI=1S/C20H22N2O3S2/c1-21(2)16-6-3-7-17(12-16)24-15-25-20(23)22(13-18-8-4-10-26-18)14-19-9-5-11-27-19/h3-12H,13-15H2,1-2H3. The maximum Gasteiger partial charge on any atom is 0.413 e. The number of amides is 1. The van der Waals surface area contributed by atoms with Crippen LogP contribution in [0.25, 0.3) is 0 Å². The Morgan fingerprint density at radius 3 is 2.19 bits per heavy atom. The molecule has 142 valence electrons.